The fourth-order valence-corrected chi connectivity index (χ4v) is 1.44. The number of nitrogens with zero attached hydrogens (tertiary/aromatic N) is 3. The first-order valence-electron chi connectivity index (χ1n) is 9.16. The van der Waals surface area contributed by atoms with Gasteiger partial charge < -0.3 is 16.0 Å². The van der Waals surface area contributed by atoms with Gasteiger partial charge in [0.05, 0.1) is 0 Å². The molecule has 1 rings (SSSR count). The van der Waals surface area contributed by atoms with Gasteiger partial charge in [-0.25, -0.2) is 12.1 Å². The second-order valence-corrected chi connectivity index (χ2v) is 4.94. The Bertz CT molecular complexity index is 242. The molecule has 4 heteroatoms. The van der Waals surface area contributed by atoms with Crippen molar-refractivity contribution in [3.8, 4) is 0 Å². The van der Waals surface area contributed by atoms with Gasteiger partial charge in [-0.2, -0.15) is 57.0 Å². The van der Waals surface area contributed by atoms with Gasteiger partial charge in [-0.3, -0.25) is 0 Å². The predicted molar refractivity (Wildman–Crippen MR) is 109 cm³/mol. The summed E-state index contributed by atoms with van der Waals surface area (Å²) in [6.07, 6.45) is 0. The molecule has 140 valence electrons. The summed E-state index contributed by atoms with van der Waals surface area (Å²) in [5.74, 6) is 0.685. The molecule has 0 aromatic heterocycles. The first kappa shape index (κ1) is 31.8. The Balaban J connectivity index is -0.000000113. The molecule has 1 aromatic rings. The van der Waals surface area contributed by atoms with E-state index >= 15 is 0 Å². The zero-order valence-electron chi connectivity index (χ0n) is 17.5. The van der Waals surface area contributed by atoms with Gasteiger partial charge in [-0.1, -0.05) is 61.3 Å². The molecular formula is C20H41N3Zr. The van der Waals surface area contributed by atoms with E-state index in [1.165, 1.54) is 5.56 Å². The molecule has 0 N–H and O–H groups in total. The van der Waals surface area contributed by atoms with Gasteiger partial charge >= 0.3 is 26.2 Å². The van der Waals surface area contributed by atoms with Gasteiger partial charge in [-0.05, 0) is 0 Å². The van der Waals surface area contributed by atoms with Gasteiger partial charge in [0.25, 0.3) is 0 Å². The molecule has 0 saturated carbocycles. The largest absolute Gasteiger partial charge is 4.00 e. The van der Waals surface area contributed by atoms with E-state index in [0.717, 1.165) is 39.3 Å². The van der Waals surface area contributed by atoms with E-state index in [9.17, 15) is 0 Å². The van der Waals surface area contributed by atoms with Crippen LogP contribution in [-0.4, -0.2) is 39.3 Å². The molecule has 0 unspecified atom stereocenters. The Morgan fingerprint density at radius 1 is 0.625 bits per heavy atom. The summed E-state index contributed by atoms with van der Waals surface area (Å²) in [6.45, 7) is 22.5. The zero-order valence-corrected chi connectivity index (χ0v) is 19.9. The predicted octanol–water partition coefficient (Wildman–Crippen LogP) is 6.73. The van der Waals surface area contributed by atoms with Crippen molar-refractivity contribution in [2.45, 2.75) is 61.3 Å². The summed E-state index contributed by atoms with van der Waals surface area (Å²) < 4.78 is 0. The average molecular weight is 415 g/mol. The van der Waals surface area contributed by atoms with Crippen LogP contribution in [0.25, 0.3) is 16.0 Å². The third-order valence-electron chi connectivity index (χ3n) is 2.70. The van der Waals surface area contributed by atoms with Crippen LogP contribution < -0.4 is 0 Å². The molecule has 0 bridgehead atoms. The normalized spacial score (nSPS) is 8.71. The molecule has 24 heavy (non-hydrogen) atoms. The molecule has 0 aliphatic heterocycles. The van der Waals surface area contributed by atoms with Crippen LogP contribution in [0.4, 0.5) is 0 Å². The fourth-order valence-electron chi connectivity index (χ4n) is 1.44. The molecule has 0 radical (unpaired) electrons. The third kappa shape index (κ3) is 33.7. The average Bonchev–Trinajstić information content (AvgIpc) is 3.06. The van der Waals surface area contributed by atoms with Gasteiger partial charge in [0.2, 0.25) is 0 Å². The minimum atomic E-state index is 0. The van der Waals surface area contributed by atoms with Crippen LogP contribution in [0.1, 0.15) is 66.9 Å². The summed E-state index contributed by atoms with van der Waals surface area (Å²) in [7, 11) is 0. The van der Waals surface area contributed by atoms with Crippen LogP contribution >= 0.6 is 0 Å². The van der Waals surface area contributed by atoms with E-state index in [4.69, 9.17) is 0 Å². The van der Waals surface area contributed by atoms with Crippen molar-refractivity contribution in [1.82, 2.24) is 0 Å². The molecule has 0 aliphatic rings. The minimum Gasteiger partial charge on any atom is -0.663 e. The Kier molecular flexibility index (Phi) is 41.0. The number of rotatable bonds is 7. The third-order valence-corrected chi connectivity index (χ3v) is 2.70. The monoisotopic (exact) mass is 413 g/mol. The maximum Gasteiger partial charge on any atom is 4.00 e. The van der Waals surface area contributed by atoms with Crippen molar-refractivity contribution < 1.29 is 26.2 Å². The van der Waals surface area contributed by atoms with E-state index in [1.54, 1.807) is 0 Å². The van der Waals surface area contributed by atoms with Crippen molar-refractivity contribution in [1.29, 1.82) is 0 Å². The summed E-state index contributed by atoms with van der Waals surface area (Å²) in [6, 6.07) is 8.47. The molecule has 3 nitrogen and oxygen atoms in total. The van der Waals surface area contributed by atoms with Gasteiger partial charge in [0, 0.05) is 0 Å². The molecular weight excluding hydrogens is 373 g/mol. The van der Waals surface area contributed by atoms with Gasteiger partial charge in [0.1, 0.15) is 0 Å². The zero-order chi connectivity index (χ0) is 18.3. The fraction of sp³-hybridized carbons (Fsp3) is 0.750. The van der Waals surface area contributed by atoms with Gasteiger partial charge in [-0.15, -0.1) is 0 Å². The second-order valence-electron chi connectivity index (χ2n) is 4.94. The van der Waals surface area contributed by atoms with Crippen LogP contribution in [-0.2, 0) is 26.2 Å². The summed E-state index contributed by atoms with van der Waals surface area (Å²) in [5.41, 5.74) is 1.44. The van der Waals surface area contributed by atoms with Crippen molar-refractivity contribution in [2.24, 2.45) is 0 Å². The maximum absolute atomic E-state index is 3.97. The van der Waals surface area contributed by atoms with Crippen molar-refractivity contribution in [3.63, 3.8) is 0 Å². The van der Waals surface area contributed by atoms with Crippen molar-refractivity contribution in [3.05, 3.63) is 45.8 Å². The SMILES string of the molecule is CC(C)[c-]1cccc1.CC[N-]CC.CC[N-]CC.CC[N-]CC.[Zr+4]. The van der Waals surface area contributed by atoms with Crippen LogP contribution in [0.3, 0.4) is 0 Å². The van der Waals surface area contributed by atoms with E-state index in [1.807, 2.05) is 41.5 Å². The smallest absolute Gasteiger partial charge is 0.663 e. The minimum absolute atomic E-state index is 0. The summed E-state index contributed by atoms with van der Waals surface area (Å²) in [4.78, 5) is 0. The van der Waals surface area contributed by atoms with Crippen LogP contribution in [0.15, 0.2) is 24.3 Å². The first-order valence-corrected chi connectivity index (χ1v) is 9.16. The summed E-state index contributed by atoms with van der Waals surface area (Å²) in [5, 5.41) is 11.9. The standard InChI is InChI=1S/C8H11.3C4H10N.Zr/c1-7(2)8-5-3-4-6-8;3*1-3-5-4-2;/h3-7H,1-2H3;3*3-4H2,1-2H3;/q4*-1;+4. The van der Waals surface area contributed by atoms with E-state index in [2.05, 4.69) is 54.1 Å². The molecule has 0 aliphatic carbocycles. The maximum atomic E-state index is 3.97. The van der Waals surface area contributed by atoms with Gasteiger partial charge in [0.15, 0.2) is 0 Å². The Morgan fingerprint density at radius 3 is 0.958 bits per heavy atom. The molecule has 1 aromatic carbocycles. The quantitative estimate of drug-likeness (QED) is 0.444. The molecule has 0 spiro atoms. The van der Waals surface area contributed by atoms with E-state index in [0.29, 0.717) is 5.92 Å². The number of hydrogen-bond acceptors (Lipinski definition) is 0. The molecule has 0 saturated heterocycles. The Labute approximate surface area is 172 Å². The van der Waals surface area contributed by atoms with Crippen LogP contribution in [0, 0.1) is 0 Å². The van der Waals surface area contributed by atoms with Crippen molar-refractivity contribution >= 4 is 0 Å². The Morgan fingerprint density at radius 2 is 0.875 bits per heavy atom. The van der Waals surface area contributed by atoms with E-state index < -0.39 is 0 Å². The molecule has 0 amide bonds. The topological polar surface area (TPSA) is 42.3 Å². The van der Waals surface area contributed by atoms with Crippen molar-refractivity contribution in [2.75, 3.05) is 39.3 Å². The van der Waals surface area contributed by atoms with E-state index in [-0.39, 0.29) is 26.2 Å². The first-order chi connectivity index (χ1) is 11.0. The second kappa shape index (κ2) is 30.9. The molecule has 0 heterocycles. The Hall–Kier alpha value is 0.113. The van der Waals surface area contributed by atoms with Crippen LogP contribution in [0.2, 0.25) is 0 Å². The summed E-state index contributed by atoms with van der Waals surface area (Å²) >= 11 is 0. The number of hydrogen-bond donors (Lipinski definition) is 0. The molecule has 0 fully saturated rings. The molecule has 0 atom stereocenters. The van der Waals surface area contributed by atoms with Crippen LogP contribution in [0.5, 0.6) is 0 Å².